The Labute approximate surface area is 148 Å². The van der Waals surface area contributed by atoms with Crippen LogP contribution in [-0.4, -0.2) is 35.1 Å². The summed E-state index contributed by atoms with van der Waals surface area (Å²) in [6, 6.07) is 7.95. The van der Waals surface area contributed by atoms with Gasteiger partial charge in [-0.2, -0.15) is 0 Å². The molecule has 0 saturated heterocycles. The van der Waals surface area contributed by atoms with Crippen molar-refractivity contribution in [2.24, 2.45) is 0 Å². The summed E-state index contributed by atoms with van der Waals surface area (Å²) in [6.45, 7) is 4.01. The second kappa shape index (κ2) is 9.14. The molecule has 1 unspecified atom stereocenters. The van der Waals surface area contributed by atoms with Gasteiger partial charge in [-0.25, -0.2) is 0 Å². The highest BCUT2D eigenvalue weighted by Crippen LogP contribution is 2.33. The first-order chi connectivity index (χ1) is 11.1. The van der Waals surface area contributed by atoms with Crippen LogP contribution in [0.1, 0.15) is 19.4 Å². The van der Waals surface area contributed by atoms with Gasteiger partial charge < -0.3 is 9.47 Å². The fourth-order valence-electron chi connectivity index (χ4n) is 1.63. The van der Waals surface area contributed by atoms with Crippen molar-refractivity contribution in [2.75, 3.05) is 13.7 Å². The van der Waals surface area contributed by atoms with E-state index in [1.165, 1.54) is 28.7 Å². The van der Waals surface area contributed by atoms with E-state index in [2.05, 4.69) is 10.2 Å². The van der Waals surface area contributed by atoms with E-state index >= 15 is 0 Å². The molecule has 23 heavy (non-hydrogen) atoms. The van der Waals surface area contributed by atoms with Crippen LogP contribution in [0.25, 0.3) is 0 Å². The molecule has 0 amide bonds. The lowest BCUT2D eigenvalue weighted by Gasteiger charge is -2.06. The number of aromatic nitrogens is 2. The van der Waals surface area contributed by atoms with Gasteiger partial charge in [0.2, 0.25) is 0 Å². The summed E-state index contributed by atoms with van der Waals surface area (Å²) < 4.78 is 11.8. The van der Waals surface area contributed by atoms with Crippen LogP contribution >= 0.6 is 34.9 Å². The van der Waals surface area contributed by atoms with E-state index in [1.807, 2.05) is 31.2 Å². The summed E-state index contributed by atoms with van der Waals surface area (Å²) in [7, 11) is 1.65. The summed E-state index contributed by atoms with van der Waals surface area (Å²) in [5.41, 5.74) is 1.19. The molecule has 0 saturated carbocycles. The van der Waals surface area contributed by atoms with Gasteiger partial charge in [0.25, 0.3) is 0 Å². The molecule has 1 aromatic heterocycles. The molecule has 8 heteroatoms. The third-order valence-electron chi connectivity index (χ3n) is 2.81. The summed E-state index contributed by atoms with van der Waals surface area (Å²) >= 11 is 4.50. The van der Waals surface area contributed by atoms with E-state index in [9.17, 15) is 4.79 Å². The van der Waals surface area contributed by atoms with Gasteiger partial charge in [-0.1, -0.05) is 47.0 Å². The summed E-state index contributed by atoms with van der Waals surface area (Å²) in [4.78, 5) is 11.6. The largest absolute Gasteiger partial charge is 0.497 e. The number of thioether (sulfide) groups is 2. The van der Waals surface area contributed by atoms with Gasteiger partial charge in [0.15, 0.2) is 8.68 Å². The van der Waals surface area contributed by atoms with Crippen LogP contribution < -0.4 is 4.74 Å². The van der Waals surface area contributed by atoms with Gasteiger partial charge in [-0.3, -0.25) is 4.79 Å². The molecule has 1 atom stereocenters. The molecule has 1 heterocycles. The lowest BCUT2D eigenvalue weighted by Crippen LogP contribution is -2.16. The number of methoxy groups -OCH3 is 1. The van der Waals surface area contributed by atoms with Crippen LogP contribution in [-0.2, 0) is 15.3 Å². The van der Waals surface area contributed by atoms with Crippen LogP contribution in [0.3, 0.4) is 0 Å². The lowest BCUT2D eigenvalue weighted by molar-refractivity contribution is -0.142. The predicted octanol–water partition coefficient (Wildman–Crippen LogP) is 3.88. The average Bonchev–Trinajstić information content (AvgIpc) is 3.01. The van der Waals surface area contributed by atoms with Gasteiger partial charge >= 0.3 is 5.97 Å². The molecule has 5 nitrogen and oxygen atoms in total. The Morgan fingerprint density at radius 2 is 1.96 bits per heavy atom. The average molecular weight is 371 g/mol. The number of carbonyl (C=O) groups is 1. The fraction of sp³-hybridized carbons (Fsp3) is 0.400. The Bertz CT molecular complexity index is 631. The van der Waals surface area contributed by atoms with Crippen molar-refractivity contribution < 1.29 is 14.3 Å². The summed E-state index contributed by atoms with van der Waals surface area (Å²) in [5.74, 6) is 1.44. The van der Waals surface area contributed by atoms with Gasteiger partial charge in [0.1, 0.15) is 11.0 Å². The molecule has 2 rings (SSSR count). The molecule has 0 aliphatic heterocycles. The number of rotatable bonds is 8. The van der Waals surface area contributed by atoms with E-state index < -0.39 is 0 Å². The topological polar surface area (TPSA) is 61.3 Å². The molecule has 0 N–H and O–H groups in total. The normalized spacial score (nSPS) is 12.0. The van der Waals surface area contributed by atoms with E-state index in [1.54, 1.807) is 25.8 Å². The van der Waals surface area contributed by atoms with Crippen molar-refractivity contribution in [2.45, 2.75) is 33.5 Å². The highest BCUT2D eigenvalue weighted by Gasteiger charge is 2.18. The lowest BCUT2D eigenvalue weighted by atomic mass is 10.2. The molecule has 0 fully saturated rings. The van der Waals surface area contributed by atoms with E-state index in [4.69, 9.17) is 9.47 Å². The second-order valence-corrected chi connectivity index (χ2v) is 8.27. The van der Waals surface area contributed by atoms with Crippen LogP contribution in [0.2, 0.25) is 0 Å². The maximum absolute atomic E-state index is 11.6. The maximum Gasteiger partial charge on any atom is 0.319 e. The molecule has 0 spiro atoms. The first-order valence-corrected chi connectivity index (χ1v) is 9.73. The second-order valence-electron chi connectivity index (χ2n) is 4.48. The minimum atomic E-state index is -0.276. The maximum atomic E-state index is 11.6. The first kappa shape index (κ1) is 18.1. The first-order valence-electron chi connectivity index (χ1n) is 7.05. The number of carbonyl (C=O) groups excluding carboxylic acids is 1. The molecule has 0 aliphatic rings. The zero-order chi connectivity index (χ0) is 16.7. The Morgan fingerprint density at radius 1 is 1.26 bits per heavy atom. The molecule has 0 radical (unpaired) electrons. The Morgan fingerprint density at radius 3 is 2.61 bits per heavy atom. The number of hydrogen-bond donors (Lipinski definition) is 0. The zero-order valence-electron chi connectivity index (χ0n) is 13.1. The van der Waals surface area contributed by atoms with Crippen molar-refractivity contribution in [3.8, 4) is 5.75 Å². The quantitative estimate of drug-likeness (QED) is 0.516. The smallest absolute Gasteiger partial charge is 0.319 e. The van der Waals surface area contributed by atoms with Gasteiger partial charge in [-0.15, -0.1) is 10.2 Å². The van der Waals surface area contributed by atoms with Crippen molar-refractivity contribution in [3.05, 3.63) is 29.8 Å². The Balaban J connectivity index is 1.85. The van der Waals surface area contributed by atoms with Crippen molar-refractivity contribution in [3.63, 3.8) is 0 Å². The molecule has 0 aliphatic carbocycles. The number of ether oxygens (including phenoxy) is 2. The van der Waals surface area contributed by atoms with Crippen molar-refractivity contribution in [1.29, 1.82) is 0 Å². The van der Waals surface area contributed by atoms with Crippen LogP contribution in [0, 0.1) is 0 Å². The van der Waals surface area contributed by atoms with Crippen LogP contribution in [0.15, 0.2) is 32.9 Å². The highest BCUT2D eigenvalue weighted by molar-refractivity contribution is 8.03. The number of benzene rings is 1. The van der Waals surface area contributed by atoms with E-state index in [0.29, 0.717) is 6.61 Å². The van der Waals surface area contributed by atoms with Crippen molar-refractivity contribution in [1.82, 2.24) is 10.2 Å². The molecule has 124 valence electrons. The summed E-state index contributed by atoms with van der Waals surface area (Å²) in [6.07, 6.45) is 0. The SMILES string of the molecule is CCOC(=O)C(C)Sc1nnc(SCc2ccc(OC)cc2)s1. The highest BCUT2D eigenvalue weighted by atomic mass is 32.2. The minimum Gasteiger partial charge on any atom is -0.497 e. The van der Waals surface area contributed by atoms with E-state index in [-0.39, 0.29) is 11.2 Å². The van der Waals surface area contributed by atoms with E-state index in [0.717, 1.165) is 20.2 Å². The molecular formula is C15H18N2O3S3. The van der Waals surface area contributed by atoms with Gasteiger partial charge in [-0.05, 0) is 31.5 Å². The monoisotopic (exact) mass is 370 g/mol. The van der Waals surface area contributed by atoms with Gasteiger partial charge in [0.05, 0.1) is 13.7 Å². The number of nitrogens with zero attached hydrogens (tertiary/aromatic N) is 2. The van der Waals surface area contributed by atoms with Crippen LogP contribution in [0.5, 0.6) is 5.75 Å². The fourth-order valence-corrected chi connectivity index (χ4v) is 4.75. The zero-order valence-corrected chi connectivity index (χ0v) is 15.6. The number of esters is 1. The molecule has 1 aromatic carbocycles. The van der Waals surface area contributed by atoms with Crippen molar-refractivity contribution >= 4 is 40.8 Å². The standard InChI is InChI=1S/C15H18N2O3S3/c1-4-20-13(18)10(2)22-15-17-16-14(23-15)21-9-11-5-7-12(19-3)8-6-11/h5-8,10H,4,9H2,1-3H3. The Kier molecular flexibility index (Phi) is 7.19. The third kappa shape index (κ3) is 5.71. The number of hydrogen-bond acceptors (Lipinski definition) is 8. The molecular weight excluding hydrogens is 352 g/mol. The third-order valence-corrected chi connectivity index (χ3v) is 6.10. The minimum absolute atomic E-state index is 0.222. The molecule has 0 bridgehead atoms. The predicted molar refractivity (Wildman–Crippen MR) is 94.4 cm³/mol. The summed E-state index contributed by atoms with van der Waals surface area (Å²) in [5, 5.41) is 8.00. The van der Waals surface area contributed by atoms with Crippen LogP contribution in [0.4, 0.5) is 0 Å². The molecule has 2 aromatic rings. The van der Waals surface area contributed by atoms with Gasteiger partial charge in [0, 0.05) is 5.75 Å². The Hall–Kier alpha value is -1.25.